The summed E-state index contributed by atoms with van der Waals surface area (Å²) in [5.41, 5.74) is 2.51. The Morgan fingerprint density at radius 1 is 1.40 bits per heavy atom. The average molecular weight is 444 g/mol. The van der Waals surface area contributed by atoms with Crippen molar-refractivity contribution in [1.82, 2.24) is 20.0 Å². The molecular formula is C19H23F3N4O3S. The highest BCUT2D eigenvalue weighted by Gasteiger charge is 2.49. The van der Waals surface area contributed by atoms with Crippen LogP contribution in [0, 0.1) is 0 Å². The third kappa shape index (κ3) is 5.20. The van der Waals surface area contributed by atoms with Crippen molar-refractivity contribution >= 4 is 23.2 Å². The molecule has 4 heterocycles. The number of aromatic nitrogens is 2. The number of amides is 1. The van der Waals surface area contributed by atoms with Gasteiger partial charge in [0.1, 0.15) is 0 Å². The maximum Gasteiger partial charge on any atom is 0.490 e. The van der Waals surface area contributed by atoms with E-state index in [2.05, 4.69) is 38.3 Å². The first kappa shape index (κ1) is 22.3. The molecule has 0 aromatic carbocycles. The predicted octanol–water partition coefficient (Wildman–Crippen LogP) is 2.75. The lowest BCUT2D eigenvalue weighted by Gasteiger charge is -2.42. The summed E-state index contributed by atoms with van der Waals surface area (Å²) in [7, 11) is 1.93. The first-order valence-corrected chi connectivity index (χ1v) is 10.4. The number of aliphatic carboxylic acids is 1. The van der Waals surface area contributed by atoms with Crippen molar-refractivity contribution in [3.05, 3.63) is 40.3 Å². The monoisotopic (exact) mass is 444 g/mol. The van der Waals surface area contributed by atoms with E-state index in [1.54, 1.807) is 11.3 Å². The van der Waals surface area contributed by atoms with E-state index in [1.165, 1.54) is 11.1 Å². The number of hydrogen-bond donors (Lipinski definition) is 2. The van der Waals surface area contributed by atoms with Gasteiger partial charge in [0.05, 0.1) is 6.20 Å². The Bertz CT molecular complexity index is 874. The van der Waals surface area contributed by atoms with Crippen molar-refractivity contribution in [2.75, 3.05) is 13.1 Å². The fourth-order valence-electron chi connectivity index (χ4n) is 4.08. The van der Waals surface area contributed by atoms with Gasteiger partial charge < -0.3 is 10.4 Å². The molecular weight excluding hydrogens is 421 g/mol. The maximum atomic E-state index is 12.1. The summed E-state index contributed by atoms with van der Waals surface area (Å²) in [4.78, 5) is 23.5. The maximum absolute atomic E-state index is 12.1. The average Bonchev–Trinajstić information content (AvgIpc) is 3.38. The SMILES string of the molecule is Cn1cc(C2CC(=O)NC23CCN(Cc2ccsc2)CC3)cn1.O=C(O)C(F)(F)F. The molecule has 11 heteroatoms. The van der Waals surface area contributed by atoms with E-state index in [9.17, 15) is 18.0 Å². The van der Waals surface area contributed by atoms with E-state index < -0.39 is 12.1 Å². The first-order valence-electron chi connectivity index (χ1n) is 9.42. The first-order chi connectivity index (χ1) is 14.1. The molecule has 1 unspecified atom stereocenters. The summed E-state index contributed by atoms with van der Waals surface area (Å²) in [6, 6.07) is 2.20. The molecule has 2 aromatic heterocycles. The summed E-state index contributed by atoms with van der Waals surface area (Å²) < 4.78 is 33.6. The van der Waals surface area contributed by atoms with Gasteiger partial charge in [0.15, 0.2) is 0 Å². The number of halogens is 3. The quantitative estimate of drug-likeness (QED) is 0.760. The van der Waals surface area contributed by atoms with Gasteiger partial charge in [0.2, 0.25) is 5.91 Å². The van der Waals surface area contributed by atoms with Crippen LogP contribution in [0.5, 0.6) is 0 Å². The molecule has 2 aromatic rings. The Morgan fingerprint density at radius 2 is 2.07 bits per heavy atom. The minimum Gasteiger partial charge on any atom is -0.475 e. The molecule has 0 aliphatic carbocycles. The third-order valence-corrected chi connectivity index (χ3v) is 6.28. The van der Waals surface area contributed by atoms with Gasteiger partial charge in [0.25, 0.3) is 0 Å². The molecule has 7 nitrogen and oxygen atoms in total. The van der Waals surface area contributed by atoms with E-state index >= 15 is 0 Å². The summed E-state index contributed by atoms with van der Waals surface area (Å²) >= 11 is 1.75. The smallest absolute Gasteiger partial charge is 0.475 e. The highest BCUT2D eigenvalue weighted by Crippen LogP contribution is 2.43. The van der Waals surface area contributed by atoms with Crippen molar-refractivity contribution in [1.29, 1.82) is 0 Å². The van der Waals surface area contributed by atoms with Gasteiger partial charge in [-0.1, -0.05) is 0 Å². The number of carboxylic acid groups (broad SMARTS) is 1. The molecule has 1 amide bonds. The van der Waals surface area contributed by atoms with E-state index in [1.807, 2.05) is 17.9 Å². The van der Waals surface area contributed by atoms with Crippen molar-refractivity contribution in [3.8, 4) is 0 Å². The van der Waals surface area contributed by atoms with Crippen molar-refractivity contribution in [2.24, 2.45) is 7.05 Å². The standard InChI is InChI=1S/C17H22N4OS.C2HF3O2/c1-20-11-14(9-18-20)15-8-16(22)19-17(15)3-5-21(6-4-17)10-13-2-7-23-12-13;3-2(4,5)1(6)7/h2,7,9,11-12,15H,3-6,8,10H2,1H3,(H,19,22);(H,6,7). The van der Waals surface area contributed by atoms with Crippen LogP contribution in [0.2, 0.25) is 0 Å². The lowest BCUT2D eigenvalue weighted by molar-refractivity contribution is -0.192. The van der Waals surface area contributed by atoms with Crippen LogP contribution in [0.1, 0.15) is 36.3 Å². The molecule has 4 rings (SSSR count). The van der Waals surface area contributed by atoms with Crippen molar-refractivity contribution < 1.29 is 27.9 Å². The highest BCUT2D eigenvalue weighted by atomic mass is 32.1. The van der Waals surface area contributed by atoms with Crippen LogP contribution < -0.4 is 5.32 Å². The number of piperidine rings is 1. The zero-order valence-corrected chi connectivity index (χ0v) is 17.2. The predicted molar refractivity (Wildman–Crippen MR) is 104 cm³/mol. The lowest BCUT2D eigenvalue weighted by atomic mass is 9.75. The van der Waals surface area contributed by atoms with Crippen LogP contribution in [-0.4, -0.2) is 56.5 Å². The van der Waals surface area contributed by atoms with Crippen LogP contribution in [-0.2, 0) is 23.2 Å². The molecule has 1 atom stereocenters. The number of hydrogen-bond acceptors (Lipinski definition) is 5. The Hall–Kier alpha value is -2.40. The molecule has 2 aliphatic heterocycles. The summed E-state index contributed by atoms with van der Waals surface area (Å²) in [6.07, 6.45) is 1.52. The fraction of sp³-hybridized carbons (Fsp3) is 0.526. The Labute approximate surface area is 175 Å². The second-order valence-corrected chi connectivity index (χ2v) is 8.40. The minimum absolute atomic E-state index is 0.0781. The number of carbonyl (C=O) groups excluding carboxylic acids is 1. The van der Waals surface area contributed by atoms with E-state index in [4.69, 9.17) is 9.90 Å². The zero-order valence-electron chi connectivity index (χ0n) is 16.4. The number of carboxylic acids is 1. The van der Waals surface area contributed by atoms with Crippen LogP contribution in [0.15, 0.2) is 29.2 Å². The largest absolute Gasteiger partial charge is 0.490 e. The van der Waals surface area contributed by atoms with Gasteiger partial charge in [-0.15, -0.1) is 0 Å². The number of thiophene rings is 1. The van der Waals surface area contributed by atoms with Crippen molar-refractivity contribution in [3.63, 3.8) is 0 Å². The Balaban J connectivity index is 0.000000318. The Morgan fingerprint density at radius 3 is 2.57 bits per heavy atom. The normalized spacial score (nSPS) is 21.2. The number of alkyl halides is 3. The third-order valence-electron chi connectivity index (χ3n) is 5.55. The number of aryl methyl sites for hydroxylation is 1. The van der Waals surface area contributed by atoms with Gasteiger partial charge in [-0.25, -0.2) is 4.79 Å². The van der Waals surface area contributed by atoms with Crippen molar-refractivity contribution in [2.45, 2.75) is 43.4 Å². The molecule has 1 spiro atoms. The number of carbonyl (C=O) groups is 2. The molecule has 2 N–H and O–H groups in total. The topological polar surface area (TPSA) is 87.5 Å². The molecule has 30 heavy (non-hydrogen) atoms. The van der Waals surface area contributed by atoms with Gasteiger partial charge in [-0.05, 0) is 40.8 Å². The van der Waals surface area contributed by atoms with Gasteiger partial charge in [-0.2, -0.15) is 29.6 Å². The van der Waals surface area contributed by atoms with E-state index in [0.717, 1.165) is 32.5 Å². The molecule has 0 bridgehead atoms. The zero-order chi connectivity index (χ0) is 21.9. The fourth-order valence-corrected chi connectivity index (χ4v) is 4.74. The molecule has 2 saturated heterocycles. The van der Waals surface area contributed by atoms with Crippen LogP contribution in [0.3, 0.4) is 0 Å². The number of nitrogens with one attached hydrogen (secondary N) is 1. The molecule has 2 fully saturated rings. The van der Waals surface area contributed by atoms with Gasteiger partial charge in [0, 0.05) is 50.8 Å². The number of nitrogens with zero attached hydrogens (tertiary/aromatic N) is 3. The molecule has 0 saturated carbocycles. The molecule has 164 valence electrons. The number of likely N-dealkylation sites (tertiary alicyclic amines) is 1. The van der Waals surface area contributed by atoms with Crippen LogP contribution in [0.25, 0.3) is 0 Å². The lowest BCUT2D eigenvalue weighted by Crippen LogP contribution is -2.53. The van der Waals surface area contributed by atoms with Gasteiger partial charge in [-0.3, -0.25) is 14.4 Å². The Kier molecular flexibility index (Phi) is 6.51. The van der Waals surface area contributed by atoms with E-state index in [0.29, 0.717) is 6.42 Å². The minimum atomic E-state index is -5.08. The number of rotatable bonds is 3. The highest BCUT2D eigenvalue weighted by molar-refractivity contribution is 7.07. The van der Waals surface area contributed by atoms with Gasteiger partial charge >= 0.3 is 12.1 Å². The second kappa shape index (κ2) is 8.76. The van der Waals surface area contributed by atoms with Crippen LogP contribution in [0.4, 0.5) is 13.2 Å². The summed E-state index contributed by atoms with van der Waals surface area (Å²) in [6.45, 7) is 3.09. The second-order valence-electron chi connectivity index (χ2n) is 7.62. The van der Waals surface area contributed by atoms with Crippen LogP contribution >= 0.6 is 11.3 Å². The molecule has 0 radical (unpaired) electrons. The summed E-state index contributed by atoms with van der Waals surface area (Å²) in [5.74, 6) is -2.32. The summed E-state index contributed by atoms with van der Waals surface area (Å²) in [5, 5.41) is 19.1. The van der Waals surface area contributed by atoms with E-state index in [-0.39, 0.29) is 17.4 Å². The molecule has 2 aliphatic rings.